The smallest absolute Gasteiger partial charge is 0.410 e. The average Bonchev–Trinajstić information content (AvgIpc) is 3.59. The second kappa shape index (κ2) is 8.89. The predicted octanol–water partition coefficient (Wildman–Crippen LogP) is 4.83. The molecule has 0 bridgehead atoms. The lowest BCUT2D eigenvalue weighted by Crippen LogP contribution is -2.39. The zero-order chi connectivity index (χ0) is 24.8. The number of hydrogen-bond donors (Lipinski definition) is 0. The van der Waals surface area contributed by atoms with Gasteiger partial charge in [0.2, 0.25) is 0 Å². The number of carbonyl (C=O) groups is 2. The molecule has 1 aliphatic carbocycles. The van der Waals surface area contributed by atoms with Gasteiger partial charge in [0.05, 0.1) is 12.1 Å². The fraction of sp³-hybridized carbons (Fsp3) is 0.500. The first-order chi connectivity index (χ1) is 16.0. The molecule has 0 unspecified atom stereocenters. The lowest BCUT2D eigenvalue weighted by atomic mass is 9.93. The number of aryl methyl sites for hydroxylation is 1. The largest absolute Gasteiger partial charge is 0.462 e. The highest BCUT2D eigenvalue weighted by Gasteiger charge is 2.31. The second-order valence-corrected chi connectivity index (χ2v) is 9.91. The molecule has 0 aromatic carbocycles. The summed E-state index contributed by atoms with van der Waals surface area (Å²) in [5.41, 5.74) is 2.18. The van der Waals surface area contributed by atoms with Crippen molar-refractivity contribution in [3.05, 3.63) is 56.8 Å². The minimum Gasteiger partial charge on any atom is -0.462 e. The summed E-state index contributed by atoms with van der Waals surface area (Å²) in [5.74, 6) is -1.00. The van der Waals surface area contributed by atoms with Crippen LogP contribution in [0.15, 0.2) is 23.1 Å². The topological polar surface area (TPSA) is 77.3 Å². The fourth-order valence-corrected chi connectivity index (χ4v) is 4.50. The van der Waals surface area contributed by atoms with Crippen LogP contribution < -0.4 is 5.56 Å². The van der Waals surface area contributed by atoms with Crippen LogP contribution in [-0.2, 0) is 9.47 Å². The number of fused-ring (bicyclic) bond motifs is 1. The number of hydrogen-bond acceptors (Lipinski definition) is 5. The van der Waals surface area contributed by atoms with Gasteiger partial charge in [-0.2, -0.15) is 0 Å². The molecular weight excluding hydrogens is 439 g/mol. The van der Waals surface area contributed by atoms with E-state index in [0.29, 0.717) is 36.2 Å². The molecule has 4 rings (SSSR count). The maximum atomic E-state index is 15.4. The highest BCUT2D eigenvalue weighted by molar-refractivity contribution is 5.90. The van der Waals surface area contributed by atoms with E-state index in [2.05, 4.69) is 0 Å². The monoisotopic (exact) mass is 470 g/mol. The van der Waals surface area contributed by atoms with E-state index in [-0.39, 0.29) is 18.1 Å². The van der Waals surface area contributed by atoms with E-state index in [1.54, 1.807) is 17.9 Å². The summed E-state index contributed by atoms with van der Waals surface area (Å²) in [5, 5.41) is 0. The summed E-state index contributed by atoms with van der Waals surface area (Å²) in [4.78, 5) is 39.4. The summed E-state index contributed by atoms with van der Waals surface area (Å²) >= 11 is 0. The molecule has 1 saturated carbocycles. The van der Waals surface area contributed by atoms with Gasteiger partial charge >= 0.3 is 12.1 Å². The lowest BCUT2D eigenvalue weighted by molar-refractivity contribution is 0.0270. The Balaban J connectivity index is 1.77. The van der Waals surface area contributed by atoms with E-state index in [9.17, 15) is 14.4 Å². The van der Waals surface area contributed by atoms with Crippen molar-refractivity contribution in [2.45, 2.75) is 65.4 Å². The molecule has 1 fully saturated rings. The van der Waals surface area contributed by atoms with Crippen molar-refractivity contribution >= 4 is 23.2 Å². The van der Waals surface area contributed by atoms with Crippen LogP contribution >= 0.6 is 0 Å². The predicted molar refractivity (Wildman–Crippen MR) is 127 cm³/mol. The van der Waals surface area contributed by atoms with Crippen molar-refractivity contribution in [3.8, 4) is 0 Å². The Kier molecular flexibility index (Phi) is 6.27. The average molecular weight is 471 g/mol. The molecule has 0 N–H and O–H groups in total. The highest BCUT2D eigenvalue weighted by atomic mass is 19.1. The van der Waals surface area contributed by atoms with E-state index >= 15 is 4.39 Å². The first kappa shape index (κ1) is 24.0. The van der Waals surface area contributed by atoms with Gasteiger partial charge in [-0.05, 0) is 82.6 Å². The highest BCUT2D eigenvalue weighted by Crippen LogP contribution is 2.43. The molecule has 2 aliphatic rings. The molecule has 2 aromatic rings. The van der Waals surface area contributed by atoms with E-state index in [4.69, 9.17) is 9.47 Å². The molecule has 0 spiro atoms. The molecule has 0 saturated heterocycles. The lowest BCUT2D eigenvalue weighted by Gasteiger charge is -2.30. The number of ether oxygens (including phenoxy) is 2. The van der Waals surface area contributed by atoms with E-state index in [1.807, 2.05) is 33.8 Å². The number of aromatic nitrogens is 1. The number of halogens is 1. The Hall–Kier alpha value is -3.16. The number of pyridine rings is 2. The van der Waals surface area contributed by atoms with Gasteiger partial charge in [-0.1, -0.05) is 6.08 Å². The van der Waals surface area contributed by atoms with Crippen LogP contribution in [0.5, 0.6) is 0 Å². The first-order valence-electron chi connectivity index (χ1n) is 11.7. The third-order valence-corrected chi connectivity index (χ3v) is 6.17. The van der Waals surface area contributed by atoms with Crippen molar-refractivity contribution in [1.29, 1.82) is 0 Å². The molecule has 0 atom stereocenters. The second-order valence-electron chi connectivity index (χ2n) is 9.91. The van der Waals surface area contributed by atoms with Crippen LogP contribution in [0.4, 0.5) is 9.18 Å². The SMILES string of the molecule is CCOC(=O)c1cc(C2CC2)c2c(C)c(C3=CCN(C(=O)OC(C)(C)C)CC3)c(F)cn2c1=O. The third kappa shape index (κ3) is 4.58. The molecule has 1 amide bonds. The molecule has 8 heteroatoms. The zero-order valence-corrected chi connectivity index (χ0v) is 20.4. The maximum Gasteiger partial charge on any atom is 0.410 e. The standard InChI is InChI=1S/C26H31FN2O5/c1-6-33-24(31)19-13-18(16-7-8-16)22-15(2)21(20(27)14-29(22)23(19)30)17-9-11-28(12-10-17)25(32)34-26(3,4)5/h9,13-14,16H,6-8,10-12H2,1-5H3. The van der Waals surface area contributed by atoms with Crippen LogP contribution in [-0.4, -0.2) is 46.7 Å². The van der Waals surface area contributed by atoms with Crippen molar-refractivity contribution in [1.82, 2.24) is 9.30 Å². The Morgan fingerprint density at radius 1 is 1.24 bits per heavy atom. The number of rotatable bonds is 4. The normalized spacial score (nSPS) is 16.4. The van der Waals surface area contributed by atoms with Crippen molar-refractivity contribution < 1.29 is 23.5 Å². The van der Waals surface area contributed by atoms with Crippen LogP contribution in [0.25, 0.3) is 11.1 Å². The van der Waals surface area contributed by atoms with Crippen LogP contribution in [0.3, 0.4) is 0 Å². The van der Waals surface area contributed by atoms with Gasteiger partial charge in [-0.25, -0.2) is 14.0 Å². The van der Waals surface area contributed by atoms with Gasteiger partial charge < -0.3 is 14.4 Å². The molecule has 182 valence electrons. The number of carbonyl (C=O) groups excluding carboxylic acids is 2. The zero-order valence-electron chi connectivity index (χ0n) is 20.4. The van der Waals surface area contributed by atoms with Crippen molar-refractivity contribution in [3.63, 3.8) is 0 Å². The van der Waals surface area contributed by atoms with Crippen LogP contribution in [0.1, 0.15) is 79.9 Å². The number of esters is 1. The molecule has 2 aromatic heterocycles. The van der Waals surface area contributed by atoms with Gasteiger partial charge in [0, 0.05) is 24.8 Å². The number of nitrogens with zero attached hydrogens (tertiary/aromatic N) is 2. The van der Waals surface area contributed by atoms with E-state index in [1.165, 1.54) is 10.6 Å². The van der Waals surface area contributed by atoms with Gasteiger partial charge in [-0.15, -0.1) is 0 Å². The summed E-state index contributed by atoms with van der Waals surface area (Å²) in [7, 11) is 0. The molecule has 0 radical (unpaired) electrons. The van der Waals surface area contributed by atoms with Gasteiger partial charge in [0.25, 0.3) is 5.56 Å². The Bertz CT molecular complexity index is 1250. The minimum absolute atomic E-state index is 0.0716. The molecule has 3 heterocycles. The minimum atomic E-state index is -0.692. The quantitative estimate of drug-likeness (QED) is 0.599. The van der Waals surface area contributed by atoms with Crippen LogP contribution in [0, 0.1) is 12.7 Å². The van der Waals surface area contributed by atoms with E-state index in [0.717, 1.165) is 24.0 Å². The summed E-state index contributed by atoms with van der Waals surface area (Å²) < 4.78 is 27.2. The molecular formula is C26H31FN2O5. The summed E-state index contributed by atoms with van der Waals surface area (Å²) in [6.07, 6.45) is 5.00. The fourth-order valence-electron chi connectivity index (χ4n) is 4.50. The first-order valence-corrected chi connectivity index (χ1v) is 11.7. The molecule has 34 heavy (non-hydrogen) atoms. The Labute approximate surface area is 198 Å². The van der Waals surface area contributed by atoms with E-state index < -0.39 is 29.0 Å². The number of amides is 1. The maximum absolute atomic E-state index is 15.4. The van der Waals surface area contributed by atoms with Gasteiger partial charge in [0.15, 0.2) is 0 Å². The molecule has 1 aliphatic heterocycles. The van der Waals surface area contributed by atoms with Gasteiger partial charge in [0.1, 0.15) is 17.0 Å². The van der Waals surface area contributed by atoms with Crippen molar-refractivity contribution in [2.75, 3.05) is 19.7 Å². The summed E-state index contributed by atoms with van der Waals surface area (Å²) in [6.45, 7) is 9.82. The van der Waals surface area contributed by atoms with Gasteiger partial charge in [-0.3, -0.25) is 9.20 Å². The molecule has 7 nitrogen and oxygen atoms in total. The third-order valence-electron chi connectivity index (χ3n) is 6.17. The Morgan fingerprint density at radius 3 is 2.50 bits per heavy atom. The van der Waals surface area contributed by atoms with Crippen LogP contribution in [0.2, 0.25) is 0 Å². The van der Waals surface area contributed by atoms with Crippen molar-refractivity contribution in [2.24, 2.45) is 0 Å². The summed E-state index contributed by atoms with van der Waals surface area (Å²) in [6, 6.07) is 1.63. The Morgan fingerprint density at radius 2 is 1.94 bits per heavy atom.